The van der Waals surface area contributed by atoms with Gasteiger partial charge in [0.25, 0.3) is 0 Å². The van der Waals surface area contributed by atoms with Crippen molar-refractivity contribution in [1.29, 1.82) is 0 Å². The molecule has 0 atom stereocenters. The average Bonchev–Trinajstić information content (AvgIpc) is 2.39. The normalized spacial score (nSPS) is 10.7. The molecule has 0 radical (unpaired) electrons. The van der Waals surface area contributed by atoms with Gasteiger partial charge in [0.1, 0.15) is 11.6 Å². The molecule has 1 rings (SSSR count). The fraction of sp³-hybridized carbons (Fsp3) is 0.533. The molecule has 0 aliphatic rings. The highest BCUT2D eigenvalue weighted by molar-refractivity contribution is 5.97. The Morgan fingerprint density at radius 2 is 1.95 bits per heavy atom. The first-order valence-electron chi connectivity index (χ1n) is 6.75. The predicted octanol–water partition coefficient (Wildman–Crippen LogP) is 3.49. The van der Waals surface area contributed by atoms with Gasteiger partial charge in [-0.25, -0.2) is 8.78 Å². The van der Waals surface area contributed by atoms with E-state index in [9.17, 15) is 13.6 Å². The maximum Gasteiger partial charge on any atom is 0.163 e. The Morgan fingerprint density at radius 1 is 1.21 bits per heavy atom. The molecule has 0 fully saturated rings. The lowest BCUT2D eigenvalue weighted by molar-refractivity contribution is 0.0986. The molecule has 4 heteroatoms. The summed E-state index contributed by atoms with van der Waals surface area (Å²) in [4.78, 5) is 11.7. The monoisotopic (exact) mass is 269 g/mol. The van der Waals surface area contributed by atoms with Crippen LogP contribution in [0.25, 0.3) is 0 Å². The minimum atomic E-state index is -0.687. The van der Waals surface area contributed by atoms with Crippen LogP contribution in [-0.4, -0.2) is 19.4 Å². The van der Waals surface area contributed by atoms with Crippen molar-refractivity contribution in [2.45, 2.75) is 39.0 Å². The molecule has 0 unspecified atom stereocenters. The molecule has 1 aromatic carbocycles. The molecule has 0 spiro atoms. The molecule has 2 nitrogen and oxygen atoms in total. The third-order valence-electron chi connectivity index (χ3n) is 3.14. The van der Waals surface area contributed by atoms with Crippen molar-refractivity contribution < 1.29 is 13.6 Å². The highest BCUT2D eigenvalue weighted by Crippen LogP contribution is 2.20. The number of halogens is 2. The Morgan fingerprint density at radius 3 is 2.58 bits per heavy atom. The summed E-state index contributed by atoms with van der Waals surface area (Å²) >= 11 is 0. The summed E-state index contributed by atoms with van der Waals surface area (Å²) in [6, 6.07) is 2.01. The van der Waals surface area contributed by atoms with Crippen LogP contribution in [0.15, 0.2) is 12.1 Å². The molecule has 0 heterocycles. The lowest BCUT2D eigenvalue weighted by atomic mass is 9.96. The number of hydrogen-bond donors (Lipinski definition) is 1. The molecule has 1 aromatic rings. The summed E-state index contributed by atoms with van der Waals surface area (Å²) in [7, 11) is 1.89. The number of carbonyl (C=O) groups is 1. The van der Waals surface area contributed by atoms with Gasteiger partial charge in [-0.2, -0.15) is 0 Å². The molecule has 0 saturated heterocycles. The SMILES string of the molecule is CCC(=O)c1cc(F)cc(F)c1CCCCCNC. The van der Waals surface area contributed by atoms with Crippen molar-refractivity contribution in [1.82, 2.24) is 5.32 Å². The number of hydrogen-bond acceptors (Lipinski definition) is 2. The quantitative estimate of drug-likeness (QED) is 0.578. The molecular formula is C15H21F2NO. The minimum absolute atomic E-state index is 0.202. The van der Waals surface area contributed by atoms with Gasteiger partial charge in [0.15, 0.2) is 5.78 Å². The van der Waals surface area contributed by atoms with Gasteiger partial charge >= 0.3 is 0 Å². The minimum Gasteiger partial charge on any atom is -0.320 e. The van der Waals surface area contributed by atoms with Crippen LogP contribution in [0, 0.1) is 11.6 Å². The van der Waals surface area contributed by atoms with E-state index in [1.54, 1.807) is 6.92 Å². The third-order valence-corrected chi connectivity index (χ3v) is 3.14. The van der Waals surface area contributed by atoms with Gasteiger partial charge in [0.2, 0.25) is 0 Å². The van der Waals surface area contributed by atoms with E-state index in [4.69, 9.17) is 0 Å². The van der Waals surface area contributed by atoms with Crippen LogP contribution in [-0.2, 0) is 6.42 Å². The second kappa shape index (κ2) is 8.00. The van der Waals surface area contributed by atoms with Crippen molar-refractivity contribution in [2.75, 3.05) is 13.6 Å². The van der Waals surface area contributed by atoms with Crippen LogP contribution in [0.1, 0.15) is 48.5 Å². The summed E-state index contributed by atoms with van der Waals surface area (Å²) in [6.07, 6.45) is 3.51. The van der Waals surface area contributed by atoms with Gasteiger partial charge < -0.3 is 5.32 Å². The number of carbonyl (C=O) groups excluding carboxylic acids is 1. The molecule has 0 aliphatic heterocycles. The van der Waals surface area contributed by atoms with E-state index >= 15 is 0 Å². The van der Waals surface area contributed by atoms with E-state index in [0.717, 1.165) is 37.9 Å². The maximum atomic E-state index is 13.8. The summed E-state index contributed by atoms with van der Waals surface area (Å²) in [5, 5.41) is 3.05. The largest absolute Gasteiger partial charge is 0.320 e. The standard InChI is InChI=1S/C15H21F2NO/c1-3-15(19)13-9-11(16)10-14(17)12(13)7-5-4-6-8-18-2/h9-10,18H,3-8H2,1-2H3. The van der Waals surface area contributed by atoms with Gasteiger partial charge in [-0.3, -0.25) is 4.79 Å². The Labute approximate surface area is 113 Å². The molecule has 0 aromatic heterocycles. The lowest BCUT2D eigenvalue weighted by Gasteiger charge is -2.10. The highest BCUT2D eigenvalue weighted by atomic mass is 19.1. The van der Waals surface area contributed by atoms with Crippen LogP contribution in [0.2, 0.25) is 0 Å². The second-order valence-corrected chi connectivity index (χ2v) is 4.60. The van der Waals surface area contributed by atoms with Crippen LogP contribution in [0.4, 0.5) is 8.78 Å². The first-order valence-corrected chi connectivity index (χ1v) is 6.75. The second-order valence-electron chi connectivity index (χ2n) is 4.60. The topological polar surface area (TPSA) is 29.1 Å². The molecule has 0 aliphatic carbocycles. The summed E-state index contributed by atoms with van der Waals surface area (Å²) < 4.78 is 27.0. The molecule has 0 bridgehead atoms. The van der Waals surface area contributed by atoms with Gasteiger partial charge in [-0.15, -0.1) is 0 Å². The van der Waals surface area contributed by atoms with Crippen molar-refractivity contribution in [3.63, 3.8) is 0 Å². The van der Waals surface area contributed by atoms with Crippen molar-refractivity contribution >= 4 is 5.78 Å². The average molecular weight is 269 g/mol. The third kappa shape index (κ3) is 4.71. The van der Waals surface area contributed by atoms with Crippen LogP contribution in [0.3, 0.4) is 0 Å². The van der Waals surface area contributed by atoms with Gasteiger partial charge in [-0.05, 0) is 44.5 Å². The molecule has 0 amide bonds. The number of nitrogens with one attached hydrogen (secondary N) is 1. The fourth-order valence-electron chi connectivity index (χ4n) is 2.08. The molecular weight excluding hydrogens is 248 g/mol. The number of unbranched alkanes of at least 4 members (excludes halogenated alkanes) is 2. The first-order chi connectivity index (χ1) is 9.10. The van der Waals surface area contributed by atoms with Gasteiger partial charge in [0.05, 0.1) is 0 Å². The van der Waals surface area contributed by atoms with E-state index in [2.05, 4.69) is 5.32 Å². The van der Waals surface area contributed by atoms with E-state index in [1.807, 2.05) is 7.05 Å². The van der Waals surface area contributed by atoms with Gasteiger partial charge in [-0.1, -0.05) is 13.3 Å². The maximum absolute atomic E-state index is 13.8. The first kappa shape index (κ1) is 15.8. The van der Waals surface area contributed by atoms with E-state index < -0.39 is 11.6 Å². The summed E-state index contributed by atoms with van der Waals surface area (Å²) in [5.41, 5.74) is 0.561. The number of benzene rings is 1. The zero-order valence-corrected chi connectivity index (χ0v) is 11.6. The van der Waals surface area contributed by atoms with Crippen LogP contribution in [0.5, 0.6) is 0 Å². The van der Waals surface area contributed by atoms with Crippen molar-refractivity contribution in [2.24, 2.45) is 0 Å². The Balaban J connectivity index is 2.77. The van der Waals surface area contributed by atoms with Crippen LogP contribution < -0.4 is 5.32 Å². The predicted molar refractivity (Wildman–Crippen MR) is 72.5 cm³/mol. The fourth-order valence-corrected chi connectivity index (χ4v) is 2.08. The summed E-state index contributed by atoms with van der Waals surface area (Å²) in [5.74, 6) is -1.50. The molecule has 19 heavy (non-hydrogen) atoms. The molecule has 1 N–H and O–H groups in total. The van der Waals surface area contributed by atoms with Crippen molar-refractivity contribution in [3.8, 4) is 0 Å². The van der Waals surface area contributed by atoms with E-state index in [0.29, 0.717) is 12.0 Å². The number of rotatable bonds is 8. The van der Waals surface area contributed by atoms with E-state index in [-0.39, 0.29) is 17.8 Å². The summed E-state index contributed by atoms with van der Waals surface area (Å²) in [6.45, 7) is 2.62. The Bertz CT molecular complexity index is 432. The zero-order chi connectivity index (χ0) is 14.3. The molecule has 106 valence electrons. The Hall–Kier alpha value is -1.29. The van der Waals surface area contributed by atoms with E-state index in [1.165, 1.54) is 0 Å². The lowest BCUT2D eigenvalue weighted by Crippen LogP contribution is -2.08. The highest BCUT2D eigenvalue weighted by Gasteiger charge is 2.15. The van der Waals surface area contributed by atoms with Crippen LogP contribution >= 0.6 is 0 Å². The van der Waals surface area contributed by atoms with Gasteiger partial charge in [0, 0.05) is 18.1 Å². The van der Waals surface area contributed by atoms with Crippen molar-refractivity contribution in [3.05, 3.63) is 34.9 Å². The number of Topliss-reactive ketones (excluding diaryl/α,β-unsaturated/α-hetero) is 1. The Kier molecular flexibility index (Phi) is 6.64. The number of ketones is 1. The molecule has 0 saturated carbocycles. The zero-order valence-electron chi connectivity index (χ0n) is 11.6. The smallest absolute Gasteiger partial charge is 0.163 e.